The van der Waals surface area contributed by atoms with Crippen molar-refractivity contribution in [2.45, 2.75) is 12.8 Å². The maximum atomic E-state index is 11.8. The Morgan fingerprint density at radius 2 is 1.95 bits per heavy atom. The molecule has 1 fully saturated rings. The number of nitrogens with zero attached hydrogens (tertiary/aromatic N) is 5. The third-order valence-corrected chi connectivity index (χ3v) is 6.69. The lowest BCUT2D eigenvalue weighted by atomic mass is 10.1. The van der Waals surface area contributed by atoms with E-state index in [1.807, 2.05) is 42.5 Å². The van der Waals surface area contributed by atoms with E-state index in [-0.39, 0.29) is 17.6 Å². The van der Waals surface area contributed by atoms with Gasteiger partial charge >= 0.3 is 6.01 Å². The van der Waals surface area contributed by atoms with Gasteiger partial charge in [-0.15, -0.1) is 0 Å². The van der Waals surface area contributed by atoms with Crippen molar-refractivity contribution >= 4 is 22.5 Å². The van der Waals surface area contributed by atoms with Gasteiger partial charge in [0.25, 0.3) is 5.91 Å². The molecule has 0 unspecified atom stereocenters. The van der Waals surface area contributed by atoms with Crippen LogP contribution in [-0.2, 0) is 6.42 Å². The summed E-state index contributed by atoms with van der Waals surface area (Å²) in [7, 11) is 1.56. The number of hydrogen-bond acceptors (Lipinski definition) is 7. The standard InChI is InChI=1S/C28H29N7O2/c1-30-27(36)26-10-11-31-28(33-26)37-23-7-5-22(6-8-23)35-15-13-34(14-16-35)12-2-3-21-19-32-25-9-4-20(18-29)17-24(21)25/h4-11,17,19,32H,2-3,12-16H2,1H3,(H,30,36). The molecule has 3 heterocycles. The minimum absolute atomic E-state index is 0.139. The number of amides is 1. The molecule has 1 aliphatic rings. The van der Waals surface area contributed by atoms with E-state index in [9.17, 15) is 10.1 Å². The first-order valence-corrected chi connectivity index (χ1v) is 12.4. The predicted octanol–water partition coefficient (Wildman–Crippen LogP) is 3.74. The van der Waals surface area contributed by atoms with E-state index in [4.69, 9.17) is 4.74 Å². The number of carbonyl (C=O) groups is 1. The highest BCUT2D eigenvalue weighted by Crippen LogP contribution is 2.24. The van der Waals surface area contributed by atoms with Gasteiger partial charge in [0.05, 0.1) is 11.6 Å². The summed E-state index contributed by atoms with van der Waals surface area (Å²) in [5, 5.41) is 12.9. The summed E-state index contributed by atoms with van der Waals surface area (Å²) in [6.45, 7) is 5.03. The highest BCUT2D eigenvalue weighted by molar-refractivity contribution is 5.92. The second-order valence-electron chi connectivity index (χ2n) is 9.02. The number of anilines is 1. The summed E-state index contributed by atoms with van der Waals surface area (Å²) < 4.78 is 5.74. The third-order valence-electron chi connectivity index (χ3n) is 6.69. The van der Waals surface area contributed by atoms with Gasteiger partial charge in [0.15, 0.2) is 0 Å². The molecule has 4 aromatic rings. The van der Waals surface area contributed by atoms with Gasteiger partial charge in [-0.05, 0) is 73.5 Å². The van der Waals surface area contributed by atoms with Crippen molar-refractivity contribution in [3.63, 3.8) is 0 Å². The minimum Gasteiger partial charge on any atom is -0.424 e. The molecule has 2 aromatic heterocycles. The molecular weight excluding hydrogens is 466 g/mol. The maximum absolute atomic E-state index is 11.8. The van der Waals surface area contributed by atoms with Crippen LogP contribution < -0.4 is 15.0 Å². The summed E-state index contributed by atoms with van der Waals surface area (Å²) in [5.41, 5.74) is 4.48. The monoisotopic (exact) mass is 495 g/mol. The number of benzene rings is 2. The van der Waals surface area contributed by atoms with Crippen molar-refractivity contribution in [1.82, 2.24) is 25.2 Å². The molecule has 9 heteroatoms. The molecule has 0 aliphatic carbocycles. The Morgan fingerprint density at radius 1 is 1.14 bits per heavy atom. The van der Waals surface area contributed by atoms with E-state index in [1.54, 1.807) is 13.1 Å². The molecule has 1 aliphatic heterocycles. The molecule has 0 bridgehead atoms. The molecule has 1 amide bonds. The van der Waals surface area contributed by atoms with E-state index >= 15 is 0 Å². The summed E-state index contributed by atoms with van der Waals surface area (Å²) in [6, 6.07) is 17.6. The van der Waals surface area contributed by atoms with Crippen LogP contribution in [-0.4, -0.2) is 65.5 Å². The molecule has 0 saturated carbocycles. The summed E-state index contributed by atoms with van der Waals surface area (Å²) >= 11 is 0. The first kappa shape index (κ1) is 24.3. The molecule has 0 spiro atoms. The highest BCUT2D eigenvalue weighted by atomic mass is 16.5. The highest BCUT2D eigenvalue weighted by Gasteiger charge is 2.17. The van der Waals surface area contributed by atoms with Crippen LogP contribution in [0.1, 0.15) is 28.0 Å². The van der Waals surface area contributed by atoms with E-state index in [2.05, 4.69) is 42.3 Å². The zero-order valence-corrected chi connectivity index (χ0v) is 20.8. The smallest absolute Gasteiger partial charge is 0.322 e. The number of fused-ring (bicyclic) bond motifs is 1. The number of nitriles is 1. The molecule has 9 nitrogen and oxygen atoms in total. The van der Waals surface area contributed by atoms with Crippen molar-refractivity contribution in [3.05, 3.63) is 77.7 Å². The zero-order chi connectivity index (χ0) is 25.6. The van der Waals surface area contributed by atoms with Gasteiger partial charge in [0.2, 0.25) is 0 Å². The lowest BCUT2D eigenvalue weighted by Gasteiger charge is -2.36. The van der Waals surface area contributed by atoms with Gasteiger partial charge in [-0.2, -0.15) is 10.2 Å². The van der Waals surface area contributed by atoms with Crippen LogP contribution in [0.3, 0.4) is 0 Å². The number of carbonyl (C=O) groups excluding carboxylic acids is 1. The minimum atomic E-state index is -0.283. The van der Waals surface area contributed by atoms with Crippen LogP contribution in [0.25, 0.3) is 10.9 Å². The fourth-order valence-corrected chi connectivity index (χ4v) is 4.65. The maximum Gasteiger partial charge on any atom is 0.322 e. The average molecular weight is 496 g/mol. The number of H-pyrrole nitrogens is 1. The van der Waals surface area contributed by atoms with Gasteiger partial charge in [-0.3, -0.25) is 9.69 Å². The van der Waals surface area contributed by atoms with Crippen LogP contribution in [0.4, 0.5) is 5.69 Å². The van der Waals surface area contributed by atoms with Crippen molar-refractivity contribution in [1.29, 1.82) is 5.26 Å². The number of aryl methyl sites for hydroxylation is 1. The number of nitrogens with one attached hydrogen (secondary N) is 2. The van der Waals surface area contributed by atoms with Crippen LogP contribution in [0.2, 0.25) is 0 Å². The van der Waals surface area contributed by atoms with E-state index in [0.717, 1.165) is 62.2 Å². The number of hydrogen-bond donors (Lipinski definition) is 2. The number of aromatic amines is 1. The first-order chi connectivity index (χ1) is 18.1. The Morgan fingerprint density at radius 3 is 2.70 bits per heavy atom. The third kappa shape index (κ3) is 5.71. The van der Waals surface area contributed by atoms with E-state index in [1.165, 1.54) is 11.8 Å². The van der Waals surface area contributed by atoms with Crippen LogP contribution in [0.5, 0.6) is 11.8 Å². The summed E-state index contributed by atoms with van der Waals surface area (Å²) in [4.78, 5) is 28.2. The number of rotatable bonds is 8. The van der Waals surface area contributed by atoms with Gasteiger partial charge in [0, 0.05) is 62.2 Å². The Bertz CT molecular complexity index is 1420. The van der Waals surface area contributed by atoms with Gasteiger partial charge in [-0.1, -0.05) is 0 Å². The molecule has 37 heavy (non-hydrogen) atoms. The molecule has 0 radical (unpaired) electrons. The zero-order valence-electron chi connectivity index (χ0n) is 20.8. The second kappa shape index (κ2) is 11.1. The Kier molecular flexibility index (Phi) is 7.28. The number of piperazine rings is 1. The summed E-state index contributed by atoms with van der Waals surface area (Å²) in [5.74, 6) is 0.338. The largest absolute Gasteiger partial charge is 0.424 e. The van der Waals surface area contributed by atoms with Crippen LogP contribution >= 0.6 is 0 Å². The molecule has 0 atom stereocenters. The second-order valence-corrected chi connectivity index (χ2v) is 9.02. The molecule has 188 valence electrons. The van der Waals surface area contributed by atoms with E-state index in [0.29, 0.717) is 11.3 Å². The quantitative estimate of drug-likeness (QED) is 0.383. The predicted molar refractivity (Wildman–Crippen MR) is 142 cm³/mol. The normalized spacial score (nSPS) is 13.9. The lowest BCUT2D eigenvalue weighted by Crippen LogP contribution is -2.46. The topological polar surface area (TPSA) is 110 Å². The molecule has 5 rings (SSSR count). The average Bonchev–Trinajstić information content (AvgIpc) is 3.35. The van der Waals surface area contributed by atoms with Crippen molar-refractivity contribution in [2.24, 2.45) is 0 Å². The Labute approximate surface area is 215 Å². The Hall–Kier alpha value is -4.42. The van der Waals surface area contributed by atoms with Crippen LogP contribution in [0, 0.1) is 11.3 Å². The van der Waals surface area contributed by atoms with Crippen molar-refractivity contribution in [3.8, 4) is 17.8 Å². The fourth-order valence-electron chi connectivity index (χ4n) is 4.65. The fraction of sp³-hybridized carbons (Fsp3) is 0.286. The van der Waals surface area contributed by atoms with Gasteiger partial charge < -0.3 is 19.9 Å². The lowest BCUT2D eigenvalue weighted by molar-refractivity contribution is 0.0957. The SMILES string of the molecule is CNC(=O)c1ccnc(Oc2ccc(N3CCN(CCCc4c[nH]c5ccc(C#N)cc45)CC3)cc2)n1. The van der Waals surface area contributed by atoms with Crippen LogP contribution in [0.15, 0.2) is 60.9 Å². The summed E-state index contributed by atoms with van der Waals surface area (Å²) in [6.07, 6.45) is 5.65. The molecule has 2 aromatic carbocycles. The number of ether oxygens (including phenoxy) is 1. The first-order valence-electron chi connectivity index (χ1n) is 12.4. The van der Waals surface area contributed by atoms with Crippen molar-refractivity contribution < 1.29 is 9.53 Å². The van der Waals surface area contributed by atoms with Gasteiger partial charge in [-0.25, -0.2) is 4.98 Å². The van der Waals surface area contributed by atoms with Gasteiger partial charge in [0.1, 0.15) is 11.4 Å². The van der Waals surface area contributed by atoms with Crippen molar-refractivity contribution in [2.75, 3.05) is 44.7 Å². The van der Waals surface area contributed by atoms with E-state index < -0.39 is 0 Å². The molecule has 1 saturated heterocycles. The Balaban J connectivity index is 1.10. The number of aromatic nitrogens is 3. The molecule has 2 N–H and O–H groups in total. The molecular formula is C28H29N7O2.